The third kappa shape index (κ3) is 3.87. The van der Waals surface area contributed by atoms with Crippen LogP contribution in [0.3, 0.4) is 0 Å². The summed E-state index contributed by atoms with van der Waals surface area (Å²) in [4.78, 5) is 42.3. The van der Waals surface area contributed by atoms with Crippen LogP contribution in [0, 0.1) is 13.8 Å². The largest absolute Gasteiger partial charge is 0.324 e. The van der Waals surface area contributed by atoms with Gasteiger partial charge in [-0.05, 0) is 37.1 Å². The van der Waals surface area contributed by atoms with E-state index in [1.807, 2.05) is 32.0 Å². The van der Waals surface area contributed by atoms with Crippen LogP contribution in [0.2, 0.25) is 0 Å². The number of hydrogen-bond donors (Lipinski definition) is 1. The molecule has 0 saturated carbocycles. The van der Waals surface area contributed by atoms with Crippen molar-refractivity contribution in [3.63, 3.8) is 0 Å². The number of amides is 3. The van der Waals surface area contributed by atoms with Gasteiger partial charge < -0.3 is 5.32 Å². The number of nitrogens with one attached hydrogen (secondary N) is 1. The van der Waals surface area contributed by atoms with Crippen LogP contribution in [0.15, 0.2) is 60.0 Å². The van der Waals surface area contributed by atoms with Crippen molar-refractivity contribution in [1.29, 1.82) is 0 Å². The fourth-order valence-electron chi connectivity index (χ4n) is 3.70. The Labute approximate surface area is 196 Å². The summed E-state index contributed by atoms with van der Waals surface area (Å²) in [7, 11) is 0. The first kappa shape index (κ1) is 22.0. The van der Waals surface area contributed by atoms with Crippen molar-refractivity contribution in [1.82, 2.24) is 4.90 Å². The summed E-state index contributed by atoms with van der Waals surface area (Å²) in [6.07, 6.45) is 1.59. The molecule has 162 valence electrons. The highest BCUT2D eigenvalue weighted by molar-refractivity contribution is 8.26. The molecular weight excluding hydrogens is 442 g/mol. The highest BCUT2D eigenvalue weighted by Gasteiger charge is 2.42. The number of anilines is 2. The van der Waals surface area contributed by atoms with Crippen molar-refractivity contribution >= 4 is 63.0 Å². The number of hydrogen-bond acceptors (Lipinski definition) is 5. The summed E-state index contributed by atoms with van der Waals surface area (Å²) in [6.45, 7) is 7.63. The van der Waals surface area contributed by atoms with Gasteiger partial charge >= 0.3 is 0 Å². The first-order valence-electron chi connectivity index (χ1n) is 9.99. The normalized spacial score (nSPS) is 17.8. The average molecular weight is 464 g/mol. The summed E-state index contributed by atoms with van der Waals surface area (Å²) in [5.41, 5.74) is 4.17. The minimum absolute atomic E-state index is 0.167. The molecule has 2 aliphatic heterocycles. The number of benzene rings is 2. The highest BCUT2D eigenvalue weighted by Crippen LogP contribution is 2.44. The molecule has 2 aliphatic rings. The standard InChI is InChI=1S/C24H21N3O3S2/c1-4-11-26-23(30)21(32-24(26)31)20-16-7-5-6-8-18(16)27(22(20)29)13-19(28)25-17-12-14(2)9-10-15(17)3/h4-10,12H,1,11,13H2,2-3H3,(H,25,28)/b21-20+. The Morgan fingerprint density at radius 3 is 2.62 bits per heavy atom. The van der Waals surface area contributed by atoms with E-state index in [9.17, 15) is 14.4 Å². The summed E-state index contributed by atoms with van der Waals surface area (Å²) in [5.74, 6) is -1.02. The van der Waals surface area contributed by atoms with E-state index in [0.717, 1.165) is 22.9 Å². The molecule has 2 heterocycles. The second-order valence-corrected chi connectivity index (χ2v) is 9.20. The van der Waals surface area contributed by atoms with Crippen molar-refractivity contribution in [2.75, 3.05) is 23.3 Å². The van der Waals surface area contributed by atoms with Gasteiger partial charge in [0.2, 0.25) is 5.91 Å². The fraction of sp³-hybridized carbons (Fsp3) is 0.167. The van der Waals surface area contributed by atoms with Crippen LogP contribution in [0.4, 0.5) is 11.4 Å². The zero-order chi connectivity index (χ0) is 23.0. The maximum absolute atomic E-state index is 13.4. The van der Waals surface area contributed by atoms with Crippen LogP contribution in [-0.4, -0.2) is 40.0 Å². The molecular formula is C24H21N3O3S2. The molecule has 32 heavy (non-hydrogen) atoms. The van der Waals surface area contributed by atoms with E-state index in [-0.39, 0.29) is 41.3 Å². The number of carbonyl (C=O) groups excluding carboxylic acids is 3. The van der Waals surface area contributed by atoms with Crippen LogP contribution in [0.5, 0.6) is 0 Å². The molecule has 6 nitrogen and oxygen atoms in total. The summed E-state index contributed by atoms with van der Waals surface area (Å²) in [6, 6.07) is 13.0. The van der Waals surface area contributed by atoms with Gasteiger partial charge in [-0.15, -0.1) is 6.58 Å². The highest BCUT2D eigenvalue weighted by atomic mass is 32.2. The Kier molecular flexibility index (Phi) is 5.99. The summed E-state index contributed by atoms with van der Waals surface area (Å²) < 4.78 is 0.383. The molecule has 0 spiro atoms. The van der Waals surface area contributed by atoms with Gasteiger partial charge in [0.05, 0.1) is 16.2 Å². The molecule has 0 radical (unpaired) electrons. The fourth-order valence-corrected chi connectivity index (χ4v) is 5.04. The smallest absolute Gasteiger partial charge is 0.267 e. The molecule has 0 aliphatic carbocycles. The number of para-hydroxylation sites is 1. The molecule has 1 saturated heterocycles. The lowest BCUT2D eigenvalue weighted by Gasteiger charge is -2.17. The van der Waals surface area contributed by atoms with Gasteiger partial charge in [-0.2, -0.15) is 0 Å². The van der Waals surface area contributed by atoms with Gasteiger partial charge in [0, 0.05) is 17.8 Å². The third-order valence-electron chi connectivity index (χ3n) is 5.28. The summed E-state index contributed by atoms with van der Waals surface area (Å²) in [5, 5.41) is 2.89. The Hall–Kier alpha value is -3.23. The zero-order valence-corrected chi connectivity index (χ0v) is 19.3. The first-order valence-corrected chi connectivity index (χ1v) is 11.2. The van der Waals surface area contributed by atoms with Crippen LogP contribution >= 0.6 is 24.0 Å². The second-order valence-electron chi connectivity index (χ2n) is 7.55. The first-order chi connectivity index (χ1) is 15.3. The zero-order valence-electron chi connectivity index (χ0n) is 17.7. The van der Waals surface area contributed by atoms with Crippen molar-refractivity contribution < 1.29 is 14.4 Å². The Morgan fingerprint density at radius 2 is 1.88 bits per heavy atom. The van der Waals surface area contributed by atoms with Crippen molar-refractivity contribution in [2.45, 2.75) is 13.8 Å². The van der Waals surface area contributed by atoms with E-state index in [2.05, 4.69) is 11.9 Å². The topological polar surface area (TPSA) is 69.7 Å². The van der Waals surface area contributed by atoms with Crippen LogP contribution in [0.25, 0.3) is 5.57 Å². The average Bonchev–Trinajstić information content (AvgIpc) is 3.19. The predicted molar refractivity (Wildman–Crippen MR) is 132 cm³/mol. The van der Waals surface area contributed by atoms with E-state index in [1.54, 1.807) is 30.3 Å². The van der Waals surface area contributed by atoms with E-state index in [0.29, 0.717) is 21.3 Å². The van der Waals surface area contributed by atoms with Gasteiger partial charge in [-0.3, -0.25) is 24.2 Å². The molecule has 1 fully saturated rings. The minimum Gasteiger partial charge on any atom is -0.324 e. The number of fused-ring (bicyclic) bond motifs is 1. The molecule has 8 heteroatoms. The molecule has 3 amide bonds. The van der Waals surface area contributed by atoms with E-state index in [4.69, 9.17) is 12.2 Å². The molecule has 4 rings (SSSR count). The van der Waals surface area contributed by atoms with E-state index >= 15 is 0 Å². The lowest BCUT2D eigenvalue weighted by atomic mass is 10.1. The predicted octanol–water partition coefficient (Wildman–Crippen LogP) is 4.05. The van der Waals surface area contributed by atoms with Gasteiger partial charge in [0.1, 0.15) is 10.9 Å². The Morgan fingerprint density at radius 1 is 1.12 bits per heavy atom. The number of aryl methyl sites for hydroxylation is 2. The molecule has 1 N–H and O–H groups in total. The van der Waals surface area contributed by atoms with Gasteiger partial charge in [0.15, 0.2) is 0 Å². The second kappa shape index (κ2) is 8.72. The molecule has 2 aromatic carbocycles. The van der Waals surface area contributed by atoms with E-state index < -0.39 is 0 Å². The van der Waals surface area contributed by atoms with Crippen LogP contribution in [-0.2, 0) is 14.4 Å². The molecule has 0 atom stereocenters. The van der Waals surface area contributed by atoms with Crippen molar-refractivity contribution in [3.8, 4) is 0 Å². The molecule has 0 bridgehead atoms. The van der Waals surface area contributed by atoms with Crippen molar-refractivity contribution in [3.05, 3.63) is 76.7 Å². The number of rotatable bonds is 5. The van der Waals surface area contributed by atoms with Gasteiger partial charge in [0.25, 0.3) is 11.8 Å². The number of thiocarbonyl (C=S) groups is 1. The lowest BCUT2D eigenvalue weighted by Crippen LogP contribution is -2.35. The maximum atomic E-state index is 13.4. The number of carbonyl (C=O) groups is 3. The van der Waals surface area contributed by atoms with Crippen molar-refractivity contribution in [2.24, 2.45) is 0 Å². The molecule has 2 aromatic rings. The number of thioether (sulfide) groups is 1. The quantitative estimate of drug-likeness (QED) is 0.412. The molecule has 0 aromatic heterocycles. The Bertz CT molecular complexity index is 1220. The monoisotopic (exact) mass is 463 g/mol. The van der Waals surface area contributed by atoms with Crippen LogP contribution in [0.1, 0.15) is 16.7 Å². The molecule has 0 unspecified atom stereocenters. The SMILES string of the molecule is C=CCN1C(=O)/C(=C2\C(=O)N(CC(=O)Nc3cc(C)ccc3C)c3ccccc32)SC1=S. The lowest BCUT2D eigenvalue weighted by molar-refractivity contribution is -0.122. The third-order valence-corrected chi connectivity index (χ3v) is 6.73. The van der Waals surface area contributed by atoms with Gasteiger partial charge in [-0.1, -0.05) is 60.4 Å². The number of nitrogens with zero attached hydrogens (tertiary/aromatic N) is 2. The Balaban J connectivity index is 1.66. The maximum Gasteiger partial charge on any atom is 0.267 e. The summed E-state index contributed by atoms with van der Waals surface area (Å²) >= 11 is 6.43. The van der Waals surface area contributed by atoms with Crippen LogP contribution < -0.4 is 10.2 Å². The minimum atomic E-state index is -0.388. The van der Waals surface area contributed by atoms with E-state index in [1.165, 1.54) is 9.80 Å². The van der Waals surface area contributed by atoms with Gasteiger partial charge in [-0.25, -0.2) is 0 Å².